The molecule has 0 bridgehead atoms. The van der Waals surface area contributed by atoms with E-state index in [1.165, 1.54) is 0 Å². The summed E-state index contributed by atoms with van der Waals surface area (Å²) in [5, 5.41) is 20.1. The van der Waals surface area contributed by atoms with Crippen molar-refractivity contribution in [2.24, 2.45) is 0 Å². The number of hydrogen-bond donors (Lipinski definition) is 2. The number of aliphatic hydroxyl groups excluding tert-OH is 2. The fraction of sp³-hybridized carbons (Fsp3) is 0.389. The van der Waals surface area contributed by atoms with Gasteiger partial charge < -0.3 is 10.2 Å². The molecular formula is C18H11F12NO2. The van der Waals surface area contributed by atoms with Crippen molar-refractivity contribution in [3.05, 3.63) is 64.0 Å². The molecule has 0 spiro atoms. The Kier molecular flexibility index (Phi) is 7.01. The lowest BCUT2D eigenvalue weighted by Crippen LogP contribution is -2.20. The topological polar surface area (TPSA) is 53.4 Å². The molecular weight excluding hydrogens is 490 g/mol. The van der Waals surface area contributed by atoms with Crippen LogP contribution in [0, 0.1) is 0 Å². The van der Waals surface area contributed by atoms with Crippen molar-refractivity contribution in [1.29, 1.82) is 0 Å². The van der Waals surface area contributed by atoms with Crippen molar-refractivity contribution in [2.75, 3.05) is 0 Å². The smallest absolute Gasteiger partial charge is 0.388 e. The summed E-state index contributed by atoms with van der Waals surface area (Å²) in [5.74, 6) is 0. The number of aliphatic hydroxyl groups is 2. The van der Waals surface area contributed by atoms with Gasteiger partial charge in [0.15, 0.2) is 5.69 Å². The highest BCUT2D eigenvalue weighted by molar-refractivity contribution is 5.35. The fourth-order valence-electron chi connectivity index (χ4n) is 2.77. The molecule has 2 aromatic rings. The third kappa shape index (κ3) is 6.50. The fourth-order valence-corrected chi connectivity index (χ4v) is 2.77. The lowest BCUT2D eigenvalue weighted by molar-refractivity contribution is -0.151. The molecule has 0 aliphatic carbocycles. The van der Waals surface area contributed by atoms with Crippen LogP contribution in [0.15, 0.2) is 30.3 Å². The summed E-state index contributed by atoms with van der Waals surface area (Å²) in [5.41, 5.74) is -10.1. The Bertz CT molecular complexity index is 960. The molecule has 0 aliphatic rings. The molecule has 33 heavy (non-hydrogen) atoms. The average molecular weight is 501 g/mol. The summed E-state index contributed by atoms with van der Waals surface area (Å²) in [6, 6.07) is 0.230. The van der Waals surface area contributed by atoms with Crippen molar-refractivity contribution in [2.45, 2.75) is 43.3 Å². The van der Waals surface area contributed by atoms with Crippen LogP contribution in [0.4, 0.5) is 52.7 Å². The highest BCUT2D eigenvalue weighted by Crippen LogP contribution is 2.41. The number of aromatic nitrogens is 1. The van der Waals surface area contributed by atoms with Gasteiger partial charge in [-0.15, -0.1) is 0 Å². The van der Waals surface area contributed by atoms with Crippen LogP contribution < -0.4 is 0 Å². The molecule has 2 N–H and O–H groups in total. The standard InChI is InChI=1S/C18H11F12NO2/c19-15(20,21)8-3-7(4-9(5-8)16(22,23)24)11(32)6-12(33)10-1-2-13(17(25,26)27)31-14(10)18(28,29)30/h1-5,11-12,32-33H,6H2. The molecule has 2 atom stereocenters. The van der Waals surface area contributed by atoms with Gasteiger partial charge in [0.1, 0.15) is 5.69 Å². The predicted octanol–water partition coefficient (Wildman–Crippen LogP) is 6.31. The predicted molar refractivity (Wildman–Crippen MR) is 85.2 cm³/mol. The second-order valence-electron chi connectivity index (χ2n) is 6.74. The van der Waals surface area contributed by atoms with Crippen LogP contribution in [-0.4, -0.2) is 15.2 Å². The van der Waals surface area contributed by atoms with Gasteiger partial charge in [0.2, 0.25) is 0 Å². The number of hydrogen-bond acceptors (Lipinski definition) is 3. The Morgan fingerprint density at radius 2 is 1.12 bits per heavy atom. The molecule has 1 heterocycles. The third-order valence-corrected chi connectivity index (χ3v) is 4.29. The zero-order valence-corrected chi connectivity index (χ0v) is 15.6. The third-order valence-electron chi connectivity index (χ3n) is 4.29. The van der Waals surface area contributed by atoms with Crippen LogP contribution in [-0.2, 0) is 24.7 Å². The minimum Gasteiger partial charge on any atom is -0.388 e. The number of rotatable bonds is 4. The summed E-state index contributed by atoms with van der Waals surface area (Å²) >= 11 is 0. The lowest BCUT2D eigenvalue weighted by atomic mass is 9.94. The first-order chi connectivity index (χ1) is 14.7. The van der Waals surface area contributed by atoms with E-state index in [4.69, 9.17) is 0 Å². The van der Waals surface area contributed by atoms with Crippen molar-refractivity contribution in [3.63, 3.8) is 0 Å². The van der Waals surface area contributed by atoms with Gasteiger partial charge in [0.05, 0.1) is 23.3 Å². The average Bonchev–Trinajstić information content (AvgIpc) is 2.64. The number of pyridine rings is 1. The maximum Gasteiger partial charge on any atom is 0.433 e. The van der Waals surface area contributed by atoms with Crippen molar-refractivity contribution >= 4 is 0 Å². The van der Waals surface area contributed by atoms with Gasteiger partial charge in [0, 0.05) is 12.0 Å². The van der Waals surface area contributed by atoms with Crippen molar-refractivity contribution in [3.8, 4) is 0 Å². The monoisotopic (exact) mass is 501 g/mol. The highest BCUT2D eigenvalue weighted by Gasteiger charge is 2.42. The molecule has 0 amide bonds. The summed E-state index contributed by atoms with van der Waals surface area (Å²) in [7, 11) is 0. The molecule has 0 saturated carbocycles. The molecule has 15 heteroatoms. The molecule has 0 radical (unpaired) electrons. The van der Waals surface area contributed by atoms with Gasteiger partial charge in [-0.25, -0.2) is 4.98 Å². The summed E-state index contributed by atoms with van der Waals surface area (Å²) in [6.07, 6.45) is -27.4. The van der Waals surface area contributed by atoms with Crippen LogP contribution in [0.3, 0.4) is 0 Å². The largest absolute Gasteiger partial charge is 0.433 e. The van der Waals surface area contributed by atoms with E-state index in [1.807, 2.05) is 0 Å². The second kappa shape index (κ2) is 8.66. The maximum absolute atomic E-state index is 13.2. The molecule has 0 fully saturated rings. The molecule has 184 valence electrons. The number of nitrogens with zero attached hydrogens (tertiary/aromatic N) is 1. The van der Waals surface area contributed by atoms with E-state index in [1.54, 1.807) is 0 Å². The van der Waals surface area contributed by atoms with Crippen LogP contribution >= 0.6 is 0 Å². The van der Waals surface area contributed by atoms with Crippen LogP contribution in [0.2, 0.25) is 0 Å². The lowest BCUT2D eigenvalue weighted by Gasteiger charge is -2.22. The Morgan fingerprint density at radius 1 is 0.636 bits per heavy atom. The summed E-state index contributed by atoms with van der Waals surface area (Å²) in [4.78, 5) is 2.42. The van der Waals surface area contributed by atoms with Gasteiger partial charge in [0.25, 0.3) is 0 Å². The van der Waals surface area contributed by atoms with Crippen LogP contribution in [0.1, 0.15) is 52.3 Å². The van der Waals surface area contributed by atoms with E-state index in [-0.39, 0.29) is 30.3 Å². The minimum atomic E-state index is -5.51. The SMILES string of the molecule is OC(CC(O)c1ccc(C(F)(F)F)nc1C(F)(F)F)c1cc(C(F)(F)F)cc(C(F)(F)F)c1. The number of benzene rings is 1. The van der Waals surface area contributed by atoms with E-state index in [0.29, 0.717) is 0 Å². The van der Waals surface area contributed by atoms with Gasteiger partial charge in [-0.05, 0) is 29.8 Å². The van der Waals surface area contributed by atoms with E-state index in [2.05, 4.69) is 4.98 Å². The zero-order valence-electron chi connectivity index (χ0n) is 15.6. The quantitative estimate of drug-likeness (QED) is 0.483. The van der Waals surface area contributed by atoms with Crippen molar-refractivity contribution in [1.82, 2.24) is 4.98 Å². The first-order valence-electron chi connectivity index (χ1n) is 8.52. The van der Waals surface area contributed by atoms with Gasteiger partial charge in [-0.3, -0.25) is 0 Å². The zero-order chi connectivity index (χ0) is 25.6. The molecule has 0 saturated heterocycles. The maximum atomic E-state index is 13.2. The molecule has 1 aromatic carbocycles. The number of halogens is 12. The Labute approximate surface area is 176 Å². The van der Waals surface area contributed by atoms with Crippen LogP contribution in [0.25, 0.3) is 0 Å². The second-order valence-corrected chi connectivity index (χ2v) is 6.74. The molecule has 2 rings (SSSR count). The summed E-state index contributed by atoms with van der Waals surface area (Å²) < 4.78 is 155. The van der Waals surface area contributed by atoms with Gasteiger partial charge >= 0.3 is 24.7 Å². The van der Waals surface area contributed by atoms with Crippen molar-refractivity contribution < 1.29 is 62.9 Å². The molecule has 1 aromatic heterocycles. The Balaban J connectivity index is 2.46. The molecule has 2 unspecified atom stereocenters. The van der Waals surface area contributed by atoms with Gasteiger partial charge in [-0.1, -0.05) is 6.07 Å². The minimum absolute atomic E-state index is 0.0895. The number of alkyl halides is 12. The normalized spacial score (nSPS) is 15.5. The Hall–Kier alpha value is -2.55. The van der Waals surface area contributed by atoms with E-state index >= 15 is 0 Å². The van der Waals surface area contributed by atoms with Gasteiger partial charge in [-0.2, -0.15) is 52.7 Å². The Morgan fingerprint density at radius 3 is 1.52 bits per heavy atom. The van der Waals surface area contributed by atoms with E-state index in [0.717, 1.165) is 0 Å². The van der Waals surface area contributed by atoms with E-state index < -0.39 is 77.0 Å². The highest BCUT2D eigenvalue weighted by atomic mass is 19.4. The van der Waals surface area contributed by atoms with Crippen LogP contribution in [0.5, 0.6) is 0 Å². The van der Waals surface area contributed by atoms with E-state index in [9.17, 15) is 62.9 Å². The first kappa shape index (κ1) is 26.7. The molecule has 0 aliphatic heterocycles. The summed E-state index contributed by atoms with van der Waals surface area (Å²) in [6.45, 7) is 0. The first-order valence-corrected chi connectivity index (χ1v) is 8.52. The molecule has 3 nitrogen and oxygen atoms in total.